The molecular formula is C5H5N3O2S. The molecule has 0 aliphatic carbocycles. The second-order valence-electron chi connectivity index (χ2n) is 1.68. The van der Waals surface area contributed by atoms with E-state index in [4.69, 9.17) is 5.73 Å². The van der Waals surface area contributed by atoms with E-state index in [2.05, 4.69) is 4.98 Å². The number of amides is 3. The van der Waals surface area contributed by atoms with Gasteiger partial charge in [0.15, 0.2) is 0 Å². The molecule has 1 aromatic heterocycles. The maximum atomic E-state index is 10.9. The minimum atomic E-state index is -0.858. The Bertz CT molecular complexity index is 269. The van der Waals surface area contributed by atoms with Gasteiger partial charge in [-0.25, -0.2) is 4.79 Å². The molecule has 58 valence electrons. The van der Waals surface area contributed by atoms with Gasteiger partial charge in [-0.05, 0) is 0 Å². The lowest BCUT2D eigenvalue weighted by Gasteiger charge is -1.93. The van der Waals surface area contributed by atoms with Crippen LogP contribution in [0.1, 0.15) is 9.67 Å². The third-order valence-corrected chi connectivity index (χ3v) is 1.66. The summed E-state index contributed by atoms with van der Waals surface area (Å²) in [7, 11) is 0. The highest BCUT2D eigenvalue weighted by Gasteiger charge is 2.07. The molecule has 6 heteroatoms. The molecule has 1 rings (SSSR count). The Hall–Kier alpha value is -1.43. The lowest BCUT2D eigenvalue weighted by Crippen LogP contribution is -2.34. The van der Waals surface area contributed by atoms with Crippen LogP contribution in [-0.4, -0.2) is 16.9 Å². The minimum absolute atomic E-state index is 0.365. The van der Waals surface area contributed by atoms with Gasteiger partial charge in [-0.2, -0.15) is 0 Å². The van der Waals surface area contributed by atoms with Gasteiger partial charge in [0.2, 0.25) is 0 Å². The predicted octanol–water partition coefficient (Wildman–Crippen LogP) is -0.0484. The molecule has 0 radical (unpaired) electrons. The van der Waals surface area contributed by atoms with Gasteiger partial charge in [0, 0.05) is 0 Å². The van der Waals surface area contributed by atoms with Crippen molar-refractivity contribution >= 4 is 23.3 Å². The largest absolute Gasteiger partial charge is 0.351 e. The van der Waals surface area contributed by atoms with Gasteiger partial charge in [0.25, 0.3) is 5.91 Å². The van der Waals surface area contributed by atoms with E-state index in [9.17, 15) is 9.59 Å². The Labute approximate surface area is 66.2 Å². The van der Waals surface area contributed by atoms with Gasteiger partial charge in [-0.1, -0.05) is 0 Å². The van der Waals surface area contributed by atoms with Crippen molar-refractivity contribution in [2.24, 2.45) is 5.73 Å². The lowest BCUT2D eigenvalue weighted by atomic mass is 10.5. The molecule has 1 heterocycles. The molecule has 0 saturated carbocycles. The number of rotatable bonds is 1. The summed E-state index contributed by atoms with van der Waals surface area (Å²) in [4.78, 5) is 25.1. The average molecular weight is 171 g/mol. The van der Waals surface area contributed by atoms with E-state index < -0.39 is 11.9 Å². The number of thiazole rings is 1. The lowest BCUT2D eigenvalue weighted by molar-refractivity contribution is 0.0970. The van der Waals surface area contributed by atoms with Crippen LogP contribution in [0.4, 0.5) is 4.79 Å². The van der Waals surface area contributed by atoms with Crippen molar-refractivity contribution in [3.8, 4) is 0 Å². The van der Waals surface area contributed by atoms with Crippen molar-refractivity contribution in [3.63, 3.8) is 0 Å². The summed E-state index contributed by atoms with van der Waals surface area (Å²) in [5, 5.41) is 1.92. The number of hydrogen-bond acceptors (Lipinski definition) is 4. The van der Waals surface area contributed by atoms with Crippen LogP contribution >= 0.6 is 11.3 Å². The molecule has 0 bridgehead atoms. The number of nitrogens with zero attached hydrogens (tertiary/aromatic N) is 1. The summed E-state index contributed by atoms with van der Waals surface area (Å²) in [5.74, 6) is -0.514. The summed E-state index contributed by atoms with van der Waals surface area (Å²) < 4.78 is 0. The second kappa shape index (κ2) is 3.11. The molecular weight excluding hydrogens is 166 g/mol. The SMILES string of the molecule is NC(=O)NC(=O)c1cncs1. The van der Waals surface area contributed by atoms with Crippen molar-refractivity contribution in [2.75, 3.05) is 0 Å². The first-order valence-corrected chi connectivity index (χ1v) is 3.57. The first-order chi connectivity index (χ1) is 5.20. The van der Waals surface area contributed by atoms with Crippen LogP contribution in [0, 0.1) is 0 Å². The normalized spacial score (nSPS) is 9.09. The highest BCUT2D eigenvalue weighted by Crippen LogP contribution is 2.03. The van der Waals surface area contributed by atoms with E-state index in [-0.39, 0.29) is 0 Å². The summed E-state index contributed by atoms with van der Waals surface area (Å²) >= 11 is 1.14. The number of nitrogens with one attached hydrogen (secondary N) is 1. The van der Waals surface area contributed by atoms with Crippen LogP contribution in [0.15, 0.2) is 11.7 Å². The average Bonchev–Trinajstić information content (AvgIpc) is 2.35. The van der Waals surface area contributed by atoms with Crippen LogP contribution in [-0.2, 0) is 0 Å². The van der Waals surface area contributed by atoms with Crippen LogP contribution in [0.2, 0.25) is 0 Å². The smallest absolute Gasteiger partial charge is 0.319 e. The summed E-state index contributed by atoms with van der Waals surface area (Å²) in [5.41, 5.74) is 6.21. The van der Waals surface area contributed by atoms with Crippen molar-refractivity contribution < 1.29 is 9.59 Å². The van der Waals surface area contributed by atoms with Crippen LogP contribution in [0.25, 0.3) is 0 Å². The number of carbonyl (C=O) groups excluding carboxylic acids is 2. The third kappa shape index (κ3) is 2.01. The zero-order chi connectivity index (χ0) is 8.27. The highest BCUT2D eigenvalue weighted by atomic mass is 32.1. The molecule has 0 atom stereocenters. The van der Waals surface area contributed by atoms with Crippen LogP contribution in [0.5, 0.6) is 0 Å². The standard InChI is InChI=1S/C5H5N3O2S/c6-5(10)8-4(9)3-1-7-2-11-3/h1-2H,(H3,6,8,9,10). The number of urea groups is 1. The van der Waals surface area contributed by atoms with Gasteiger partial charge >= 0.3 is 6.03 Å². The third-order valence-electron chi connectivity index (χ3n) is 0.893. The number of aromatic nitrogens is 1. The Morgan fingerprint density at radius 1 is 1.64 bits per heavy atom. The topological polar surface area (TPSA) is 85.1 Å². The predicted molar refractivity (Wildman–Crippen MR) is 39.2 cm³/mol. The Morgan fingerprint density at radius 2 is 2.36 bits per heavy atom. The van der Waals surface area contributed by atoms with Gasteiger partial charge in [0.05, 0.1) is 11.7 Å². The maximum absolute atomic E-state index is 10.9. The Kier molecular flexibility index (Phi) is 2.17. The van der Waals surface area contributed by atoms with Crippen LogP contribution < -0.4 is 11.1 Å². The molecule has 0 unspecified atom stereocenters. The molecule has 0 aliphatic heterocycles. The van der Waals surface area contributed by atoms with Crippen molar-refractivity contribution in [1.82, 2.24) is 10.3 Å². The minimum Gasteiger partial charge on any atom is -0.351 e. The van der Waals surface area contributed by atoms with E-state index in [1.807, 2.05) is 5.32 Å². The van der Waals surface area contributed by atoms with E-state index in [1.165, 1.54) is 11.7 Å². The van der Waals surface area contributed by atoms with Gasteiger partial charge in [0.1, 0.15) is 4.88 Å². The highest BCUT2D eigenvalue weighted by molar-refractivity contribution is 7.11. The fraction of sp³-hybridized carbons (Fsp3) is 0. The number of carbonyl (C=O) groups is 2. The quantitative estimate of drug-likeness (QED) is 0.621. The number of imide groups is 1. The van der Waals surface area contributed by atoms with Gasteiger partial charge in [-0.15, -0.1) is 11.3 Å². The van der Waals surface area contributed by atoms with E-state index in [1.54, 1.807) is 0 Å². The molecule has 3 N–H and O–H groups in total. The number of primary amides is 1. The van der Waals surface area contributed by atoms with Crippen molar-refractivity contribution in [1.29, 1.82) is 0 Å². The summed E-state index contributed by atoms with van der Waals surface area (Å²) in [6.07, 6.45) is 1.36. The second-order valence-corrected chi connectivity index (χ2v) is 2.57. The number of hydrogen-bond donors (Lipinski definition) is 2. The molecule has 11 heavy (non-hydrogen) atoms. The Balaban J connectivity index is 2.64. The first kappa shape index (κ1) is 7.67. The van der Waals surface area contributed by atoms with E-state index in [0.717, 1.165) is 11.3 Å². The molecule has 5 nitrogen and oxygen atoms in total. The fourth-order valence-electron chi connectivity index (χ4n) is 0.501. The molecule has 0 aliphatic rings. The first-order valence-electron chi connectivity index (χ1n) is 2.69. The van der Waals surface area contributed by atoms with Gasteiger partial charge in [-0.3, -0.25) is 15.1 Å². The molecule has 1 aromatic rings. The fourth-order valence-corrected chi connectivity index (χ4v) is 1.02. The van der Waals surface area contributed by atoms with Crippen molar-refractivity contribution in [2.45, 2.75) is 0 Å². The van der Waals surface area contributed by atoms with E-state index in [0.29, 0.717) is 4.88 Å². The van der Waals surface area contributed by atoms with Crippen LogP contribution in [0.3, 0.4) is 0 Å². The summed E-state index contributed by atoms with van der Waals surface area (Å²) in [6, 6.07) is -0.858. The number of nitrogens with two attached hydrogens (primary N) is 1. The zero-order valence-corrected chi connectivity index (χ0v) is 6.22. The maximum Gasteiger partial charge on any atom is 0.319 e. The molecule has 3 amide bonds. The molecule has 0 spiro atoms. The van der Waals surface area contributed by atoms with Crippen molar-refractivity contribution in [3.05, 3.63) is 16.6 Å². The molecule has 0 fully saturated rings. The molecule has 0 aromatic carbocycles. The zero-order valence-electron chi connectivity index (χ0n) is 5.40. The monoisotopic (exact) mass is 171 g/mol. The Morgan fingerprint density at radius 3 is 2.82 bits per heavy atom. The molecule has 0 saturated heterocycles. The van der Waals surface area contributed by atoms with E-state index >= 15 is 0 Å². The summed E-state index contributed by atoms with van der Waals surface area (Å²) in [6.45, 7) is 0. The van der Waals surface area contributed by atoms with Gasteiger partial charge < -0.3 is 5.73 Å².